The molecule has 1 aliphatic carbocycles. The Hall–Kier alpha value is -1.81. The van der Waals surface area contributed by atoms with Crippen LogP contribution < -0.4 is 5.32 Å². The SMILES string of the molecule is CCCCOC(=O)C1CC(NCC)Cc2c1[nH]c1ccccc21. The summed E-state index contributed by atoms with van der Waals surface area (Å²) in [5, 5.41) is 4.74. The van der Waals surface area contributed by atoms with Crippen molar-refractivity contribution in [3.05, 3.63) is 35.5 Å². The molecule has 0 fully saturated rings. The number of likely N-dealkylation sites (N-methyl/N-ethyl adjacent to an activating group) is 1. The van der Waals surface area contributed by atoms with E-state index in [0.717, 1.165) is 43.4 Å². The third-order valence-electron chi connectivity index (χ3n) is 4.69. The van der Waals surface area contributed by atoms with E-state index in [1.807, 2.05) is 6.07 Å². The van der Waals surface area contributed by atoms with Crippen LogP contribution in [0.25, 0.3) is 10.9 Å². The topological polar surface area (TPSA) is 54.1 Å². The molecule has 0 aliphatic heterocycles. The molecule has 2 atom stereocenters. The summed E-state index contributed by atoms with van der Waals surface area (Å²) in [7, 11) is 0. The Morgan fingerprint density at radius 3 is 2.96 bits per heavy atom. The van der Waals surface area contributed by atoms with Crippen LogP contribution in [0.2, 0.25) is 0 Å². The molecule has 2 aromatic rings. The largest absolute Gasteiger partial charge is 0.465 e. The van der Waals surface area contributed by atoms with E-state index in [1.165, 1.54) is 10.9 Å². The Bertz CT molecular complexity index is 677. The molecule has 4 nitrogen and oxygen atoms in total. The predicted octanol–water partition coefficient (Wildman–Crippen LogP) is 3.52. The molecule has 0 bridgehead atoms. The Labute approximate surface area is 137 Å². The monoisotopic (exact) mass is 314 g/mol. The number of hydrogen-bond donors (Lipinski definition) is 2. The van der Waals surface area contributed by atoms with Crippen LogP contribution in [0.15, 0.2) is 24.3 Å². The summed E-state index contributed by atoms with van der Waals surface area (Å²) in [6, 6.07) is 8.63. The Kier molecular flexibility index (Phi) is 5.01. The zero-order valence-electron chi connectivity index (χ0n) is 14.0. The van der Waals surface area contributed by atoms with Gasteiger partial charge in [-0.15, -0.1) is 0 Å². The highest BCUT2D eigenvalue weighted by molar-refractivity contribution is 5.88. The number of H-pyrrole nitrogens is 1. The number of ether oxygens (including phenoxy) is 1. The first-order valence-electron chi connectivity index (χ1n) is 8.74. The lowest BCUT2D eigenvalue weighted by molar-refractivity contribution is -0.146. The van der Waals surface area contributed by atoms with Gasteiger partial charge < -0.3 is 15.0 Å². The summed E-state index contributed by atoms with van der Waals surface area (Å²) in [6.45, 7) is 5.65. The van der Waals surface area contributed by atoms with Gasteiger partial charge in [0.15, 0.2) is 0 Å². The number of nitrogens with one attached hydrogen (secondary N) is 2. The van der Waals surface area contributed by atoms with Crippen molar-refractivity contribution in [1.29, 1.82) is 0 Å². The number of hydrogen-bond acceptors (Lipinski definition) is 3. The Morgan fingerprint density at radius 1 is 1.35 bits per heavy atom. The van der Waals surface area contributed by atoms with Gasteiger partial charge in [0, 0.05) is 22.6 Å². The number of esters is 1. The van der Waals surface area contributed by atoms with Crippen molar-refractivity contribution in [2.24, 2.45) is 0 Å². The minimum atomic E-state index is -0.188. The van der Waals surface area contributed by atoms with Gasteiger partial charge in [-0.25, -0.2) is 0 Å². The van der Waals surface area contributed by atoms with Gasteiger partial charge in [0.1, 0.15) is 0 Å². The maximum absolute atomic E-state index is 12.6. The van der Waals surface area contributed by atoms with Gasteiger partial charge in [-0.05, 0) is 37.4 Å². The highest BCUT2D eigenvalue weighted by atomic mass is 16.5. The molecule has 2 unspecified atom stereocenters. The van der Waals surface area contributed by atoms with Gasteiger partial charge >= 0.3 is 5.97 Å². The zero-order valence-corrected chi connectivity index (χ0v) is 14.0. The molecule has 0 saturated carbocycles. The Balaban J connectivity index is 1.91. The number of unbranched alkanes of at least 4 members (excludes halogenated alkanes) is 1. The minimum Gasteiger partial charge on any atom is -0.465 e. The van der Waals surface area contributed by atoms with Crippen molar-refractivity contribution in [3.63, 3.8) is 0 Å². The van der Waals surface area contributed by atoms with Crippen LogP contribution >= 0.6 is 0 Å². The van der Waals surface area contributed by atoms with E-state index in [1.54, 1.807) is 0 Å². The molecule has 0 spiro atoms. The molecular formula is C19H26N2O2. The lowest BCUT2D eigenvalue weighted by atomic mass is 9.83. The first-order chi connectivity index (χ1) is 11.2. The number of aromatic nitrogens is 1. The molecule has 4 heteroatoms. The lowest BCUT2D eigenvalue weighted by Gasteiger charge is -2.29. The molecule has 0 saturated heterocycles. The summed E-state index contributed by atoms with van der Waals surface area (Å²) < 4.78 is 5.51. The fourth-order valence-electron chi connectivity index (χ4n) is 3.55. The highest BCUT2D eigenvalue weighted by Gasteiger charge is 2.35. The van der Waals surface area contributed by atoms with Gasteiger partial charge in [0.25, 0.3) is 0 Å². The molecule has 1 heterocycles. The van der Waals surface area contributed by atoms with E-state index in [-0.39, 0.29) is 11.9 Å². The van der Waals surface area contributed by atoms with Crippen molar-refractivity contribution in [3.8, 4) is 0 Å². The number of benzene rings is 1. The second-order valence-corrected chi connectivity index (χ2v) is 6.33. The molecule has 23 heavy (non-hydrogen) atoms. The standard InChI is InChI=1S/C19H26N2O2/c1-3-5-10-23-19(22)16-12-13(20-4-2)11-15-14-8-6-7-9-17(14)21-18(15)16/h6-9,13,16,20-21H,3-5,10-12H2,1-2H3. The third kappa shape index (κ3) is 3.27. The number of fused-ring (bicyclic) bond motifs is 3. The zero-order chi connectivity index (χ0) is 16.2. The van der Waals surface area contributed by atoms with Gasteiger partial charge in [-0.3, -0.25) is 4.79 Å². The summed E-state index contributed by atoms with van der Waals surface area (Å²) in [6.07, 6.45) is 3.73. The summed E-state index contributed by atoms with van der Waals surface area (Å²) in [4.78, 5) is 16.1. The van der Waals surface area contributed by atoms with Crippen LogP contribution in [0.5, 0.6) is 0 Å². The second-order valence-electron chi connectivity index (χ2n) is 6.33. The normalized spacial score (nSPS) is 20.4. The fraction of sp³-hybridized carbons (Fsp3) is 0.526. The molecule has 3 rings (SSSR count). The average molecular weight is 314 g/mol. The average Bonchev–Trinajstić information content (AvgIpc) is 2.93. The van der Waals surface area contributed by atoms with Crippen LogP contribution in [0, 0.1) is 0 Å². The van der Waals surface area contributed by atoms with Crippen molar-refractivity contribution < 1.29 is 9.53 Å². The molecule has 0 radical (unpaired) electrons. The maximum Gasteiger partial charge on any atom is 0.315 e. The first kappa shape index (κ1) is 16.1. The van der Waals surface area contributed by atoms with Crippen molar-refractivity contribution in [2.45, 2.75) is 51.5 Å². The first-order valence-corrected chi connectivity index (χ1v) is 8.74. The number of para-hydroxylation sites is 1. The Morgan fingerprint density at radius 2 is 2.17 bits per heavy atom. The third-order valence-corrected chi connectivity index (χ3v) is 4.69. The molecule has 2 N–H and O–H groups in total. The highest BCUT2D eigenvalue weighted by Crippen LogP contribution is 2.36. The molecular weight excluding hydrogens is 288 g/mol. The van der Waals surface area contributed by atoms with Crippen LogP contribution in [-0.2, 0) is 16.0 Å². The number of aromatic amines is 1. The van der Waals surface area contributed by atoms with Gasteiger partial charge in [0.2, 0.25) is 0 Å². The summed E-state index contributed by atoms with van der Waals surface area (Å²) >= 11 is 0. The molecule has 1 aromatic carbocycles. The van der Waals surface area contributed by atoms with Crippen LogP contribution in [0.4, 0.5) is 0 Å². The molecule has 1 aromatic heterocycles. The van der Waals surface area contributed by atoms with Crippen LogP contribution in [0.1, 0.15) is 50.3 Å². The van der Waals surface area contributed by atoms with Crippen LogP contribution in [-0.4, -0.2) is 30.1 Å². The van der Waals surface area contributed by atoms with Gasteiger partial charge in [0.05, 0.1) is 12.5 Å². The smallest absolute Gasteiger partial charge is 0.315 e. The number of carbonyl (C=O) groups excluding carboxylic acids is 1. The van der Waals surface area contributed by atoms with E-state index in [9.17, 15) is 4.79 Å². The summed E-state index contributed by atoms with van der Waals surface area (Å²) in [5.41, 5.74) is 3.44. The van der Waals surface area contributed by atoms with Crippen LogP contribution in [0.3, 0.4) is 0 Å². The van der Waals surface area contributed by atoms with E-state index in [4.69, 9.17) is 4.74 Å². The van der Waals surface area contributed by atoms with Crippen molar-refractivity contribution >= 4 is 16.9 Å². The number of carbonyl (C=O) groups is 1. The maximum atomic E-state index is 12.6. The molecule has 124 valence electrons. The summed E-state index contributed by atoms with van der Waals surface area (Å²) in [5.74, 6) is -0.277. The van der Waals surface area contributed by atoms with E-state index < -0.39 is 0 Å². The van der Waals surface area contributed by atoms with E-state index >= 15 is 0 Å². The van der Waals surface area contributed by atoms with E-state index in [0.29, 0.717) is 12.6 Å². The van der Waals surface area contributed by atoms with Gasteiger partial charge in [-0.2, -0.15) is 0 Å². The van der Waals surface area contributed by atoms with Crippen molar-refractivity contribution in [1.82, 2.24) is 10.3 Å². The number of rotatable bonds is 6. The minimum absolute atomic E-state index is 0.0890. The molecule has 0 amide bonds. The quantitative estimate of drug-likeness (QED) is 0.633. The van der Waals surface area contributed by atoms with Crippen molar-refractivity contribution in [2.75, 3.05) is 13.2 Å². The molecule has 1 aliphatic rings. The lowest BCUT2D eigenvalue weighted by Crippen LogP contribution is -2.38. The van der Waals surface area contributed by atoms with Gasteiger partial charge in [-0.1, -0.05) is 38.5 Å². The fourth-order valence-corrected chi connectivity index (χ4v) is 3.55. The van der Waals surface area contributed by atoms with E-state index in [2.05, 4.69) is 42.3 Å². The predicted molar refractivity (Wildman–Crippen MR) is 92.7 cm³/mol. The second kappa shape index (κ2) is 7.18.